The molecule has 2 unspecified atom stereocenters. The van der Waals surface area contributed by atoms with Crippen molar-refractivity contribution in [2.75, 3.05) is 0 Å². The lowest BCUT2D eigenvalue weighted by molar-refractivity contribution is 0.142. The van der Waals surface area contributed by atoms with Crippen molar-refractivity contribution in [2.45, 2.75) is 12.1 Å². The zero-order valence-corrected chi connectivity index (χ0v) is 7.73. The second-order valence-electron chi connectivity index (χ2n) is 3.75. The maximum absolute atomic E-state index is 11.5. The molecule has 2 aliphatic rings. The molecule has 1 aromatic heterocycles. The van der Waals surface area contributed by atoms with E-state index in [1.165, 1.54) is 16.4 Å². The second kappa shape index (κ2) is 1.84. The van der Waals surface area contributed by atoms with Gasteiger partial charge in [0, 0.05) is 7.05 Å². The molecule has 72 valence electrons. The molecule has 1 aliphatic heterocycles. The summed E-state index contributed by atoms with van der Waals surface area (Å²) in [5.41, 5.74) is 1.18. The highest BCUT2D eigenvalue weighted by Gasteiger charge is 2.53. The largest absolute Gasteiger partial charge is 0.347 e. The molecule has 3 rings (SSSR count). The van der Waals surface area contributed by atoms with Gasteiger partial charge in [-0.2, -0.15) is 0 Å². The Kier molecular flexibility index (Phi) is 1.00. The van der Waals surface area contributed by atoms with Gasteiger partial charge in [-0.3, -0.25) is 0 Å². The van der Waals surface area contributed by atoms with E-state index in [4.69, 9.17) is 0 Å². The van der Waals surface area contributed by atoms with Crippen LogP contribution in [-0.4, -0.2) is 13.9 Å². The Morgan fingerprint density at radius 1 is 1.00 bits per heavy atom. The number of allylic oxidation sites excluding steroid dienone is 2. The third kappa shape index (κ3) is 0.487. The number of fused-ring (bicyclic) bond motifs is 4. The van der Waals surface area contributed by atoms with Crippen LogP contribution in [0.1, 0.15) is 12.1 Å². The van der Waals surface area contributed by atoms with Crippen LogP contribution in [-0.2, 0) is 7.05 Å². The third-order valence-electron chi connectivity index (χ3n) is 3.15. The van der Waals surface area contributed by atoms with Crippen LogP contribution in [0.4, 0.5) is 0 Å². The van der Waals surface area contributed by atoms with E-state index in [9.17, 15) is 9.59 Å². The van der Waals surface area contributed by atoms with Gasteiger partial charge in [-0.1, -0.05) is 13.2 Å². The van der Waals surface area contributed by atoms with Gasteiger partial charge in [0.1, 0.15) is 12.1 Å². The highest BCUT2D eigenvalue weighted by atomic mass is 16.2. The van der Waals surface area contributed by atoms with Crippen molar-refractivity contribution < 1.29 is 0 Å². The van der Waals surface area contributed by atoms with Crippen molar-refractivity contribution in [3.05, 3.63) is 45.3 Å². The Hall–Kier alpha value is -1.78. The first-order valence-corrected chi connectivity index (χ1v) is 4.33. The molecule has 1 fully saturated rings. The number of hydrogen-bond acceptors (Lipinski definition) is 2. The van der Waals surface area contributed by atoms with Crippen LogP contribution >= 0.6 is 0 Å². The molecular formula is C9H9N3O2. The highest BCUT2D eigenvalue weighted by Crippen LogP contribution is 2.54. The van der Waals surface area contributed by atoms with Gasteiger partial charge in [-0.25, -0.2) is 23.5 Å². The average Bonchev–Trinajstić information content (AvgIpc) is 2.29. The molecule has 0 radical (unpaired) electrons. The fourth-order valence-electron chi connectivity index (χ4n) is 2.24. The quantitative estimate of drug-likeness (QED) is 0.558. The van der Waals surface area contributed by atoms with Gasteiger partial charge in [-0.05, 0) is 11.1 Å². The average molecular weight is 191 g/mol. The molecule has 5 nitrogen and oxygen atoms in total. The molecule has 0 amide bonds. The SMILES string of the molecule is C=C1C(=C)C2C1n1c(=O)n(C)c(=O)n12. The lowest BCUT2D eigenvalue weighted by atomic mass is 9.74. The smallest absolute Gasteiger partial charge is 0.246 e. The van der Waals surface area contributed by atoms with Crippen molar-refractivity contribution in [2.24, 2.45) is 7.05 Å². The topological polar surface area (TPSA) is 48.9 Å². The zero-order chi connectivity index (χ0) is 10.2. The van der Waals surface area contributed by atoms with E-state index in [0.29, 0.717) is 0 Å². The summed E-state index contributed by atoms with van der Waals surface area (Å²) in [4.78, 5) is 23.1. The summed E-state index contributed by atoms with van der Waals surface area (Å²) in [6.07, 6.45) is 0. The highest BCUT2D eigenvalue weighted by molar-refractivity contribution is 5.48. The first-order chi connectivity index (χ1) is 6.55. The van der Waals surface area contributed by atoms with Crippen LogP contribution in [0.5, 0.6) is 0 Å². The van der Waals surface area contributed by atoms with Gasteiger partial charge in [0.05, 0.1) is 0 Å². The molecule has 1 saturated carbocycles. The van der Waals surface area contributed by atoms with Crippen LogP contribution in [0.25, 0.3) is 0 Å². The second-order valence-corrected chi connectivity index (χ2v) is 3.75. The molecule has 1 aliphatic carbocycles. The Bertz CT molecular complexity index is 547. The minimum absolute atomic E-state index is 0.0242. The lowest BCUT2D eigenvalue weighted by Crippen LogP contribution is -2.55. The predicted octanol–water partition coefficient (Wildman–Crippen LogP) is -0.430. The summed E-state index contributed by atoms with van der Waals surface area (Å²) in [6, 6.07) is -0.0483. The van der Waals surface area contributed by atoms with Crippen molar-refractivity contribution >= 4 is 0 Å². The fraction of sp³-hybridized carbons (Fsp3) is 0.333. The van der Waals surface area contributed by atoms with E-state index in [1.54, 1.807) is 0 Å². The molecule has 1 aromatic rings. The Labute approximate surface area is 79.2 Å². The molecule has 2 heterocycles. The van der Waals surface area contributed by atoms with Gasteiger partial charge in [0.15, 0.2) is 0 Å². The van der Waals surface area contributed by atoms with Crippen molar-refractivity contribution in [1.82, 2.24) is 13.9 Å². The molecule has 14 heavy (non-hydrogen) atoms. The van der Waals surface area contributed by atoms with E-state index in [2.05, 4.69) is 13.2 Å². The minimum atomic E-state index is -0.273. The predicted molar refractivity (Wildman–Crippen MR) is 50.3 cm³/mol. The van der Waals surface area contributed by atoms with Crippen molar-refractivity contribution in [3.8, 4) is 0 Å². The Morgan fingerprint density at radius 2 is 1.36 bits per heavy atom. The van der Waals surface area contributed by atoms with Gasteiger partial charge in [0.2, 0.25) is 0 Å². The molecular weight excluding hydrogens is 182 g/mol. The van der Waals surface area contributed by atoms with E-state index in [1.807, 2.05) is 0 Å². The lowest BCUT2D eigenvalue weighted by Gasteiger charge is -2.50. The summed E-state index contributed by atoms with van der Waals surface area (Å²) in [5, 5.41) is 0. The molecule has 2 atom stereocenters. The molecule has 0 aromatic carbocycles. The van der Waals surface area contributed by atoms with Crippen LogP contribution in [0.3, 0.4) is 0 Å². The standard InChI is InChI=1S/C9H9N3O2/c1-4-5(2)7-6(4)11-8(13)10(3)9(14)12(7)11/h6-7H,1-2H2,3H3. The molecule has 0 spiro atoms. The Balaban J connectivity index is 2.38. The Morgan fingerprint density at radius 3 is 1.71 bits per heavy atom. The normalized spacial score (nSPS) is 27.8. The van der Waals surface area contributed by atoms with E-state index in [0.717, 1.165) is 15.7 Å². The molecule has 5 heteroatoms. The van der Waals surface area contributed by atoms with Crippen LogP contribution in [0.2, 0.25) is 0 Å². The van der Waals surface area contributed by atoms with Gasteiger partial charge >= 0.3 is 11.4 Å². The summed E-state index contributed by atoms with van der Waals surface area (Å²) >= 11 is 0. The van der Waals surface area contributed by atoms with E-state index in [-0.39, 0.29) is 23.5 Å². The number of hydrogen-bond donors (Lipinski definition) is 0. The van der Waals surface area contributed by atoms with Crippen LogP contribution in [0.15, 0.2) is 33.9 Å². The fourth-order valence-corrected chi connectivity index (χ4v) is 2.24. The van der Waals surface area contributed by atoms with Gasteiger partial charge < -0.3 is 0 Å². The van der Waals surface area contributed by atoms with Crippen molar-refractivity contribution in [1.29, 1.82) is 0 Å². The van der Waals surface area contributed by atoms with Crippen LogP contribution < -0.4 is 11.4 Å². The van der Waals surface area contributed by atoms with Crippen LogP contribution in [0, 0.1) is 0 Å². The van der Waals surface area contributed by atoms with E-state index >= 15 is 0 Å². The third-order valence-corrected chi connectivity index (χ3v) is 3.15. The molecule has 0 bridgehead atoms. The summed E-state index contributed by atoms with van der Waals surface area (Å²) < 4.78 is 4.01. The summed E-state index contributed by atoms with van der Waals surface area (Å²) in [6.45, 7) is 7.64. The summed E-state index contributed by atoms with van der Waals surface area (Å²) in [7, 11) is 1.48. The molecule has 0 saturated heterocycles. The minimum Gasteiger partial charge on any atom is -0.246 e. The van der Waals surface area contributed by atoms with Gasteiger partial charge in [-0.15, -0.1) is 0 Å². The monoisotopic (exact) mass is 191 g/mol. The number of rotatable bonds is 0. The summed E-state index contributed by atoms with van der Waals surface area (Å²) in [5.74, 6) is 0. The maximum Gasteiger partial charge on any atom is 0.347 e. The first kappa shape index (κ1) is 7.61. The number of nitrogens with zero attached hydrogens (tertiary/aromatic N) is 3. The van der Waals surface area contributed by atoms with Crippen molar-refractivity contribution in [3.63, 3.8) is 0 Å². The zero-order valence-electron chi connectivity index (χ0n) is 7.73. The van der Waals surface area contributed by atoms with E-state index < -0.39 is 0 Å². The molecule has 0 N–H and O–H groups in total. The maximum atomic E-state index is 11.5. The number of aromatic nitrogens is 3. The first-order valence-electron chi connectivity index (χ1n) is 4.33. The van der Waals surface area contributed by atoms with Gasteiger partial charge in [0.25, 0.3) is 0 Å².